The zero-order chi connectivity index (χ0) is 28.0. The molecule has 0 saturated heterocycles. The number of benzene rings is 4. The fourth-order valence-corrected chi connectivity index (χ4v) is 3.12. The van der Waals surface area contributed by atoms with Crippen LogP contribution < -0.4 is 14.0 Å². The summed E-state index contributed by atoms with van der Waals surface area (Å²) in [6, 6.07) is 1.70. The van der Waals surface area contributed by atoms with Crippen LogP contribution in [-0.4, -0.2) is 7.32 Å². The van der Waals surface area contributed by atoms with Crippen molar-refractivity contribution in [2.75, 3.05) is 0 Å². The van der Waals surface area contributed by atoms with Crippen LogP contribution in [0.4, 0.5) is 52.7 Å². The van der Waals surface area contributed by atoms with Crippen molar-refractivity contribution >= 4 is 18.1 Å². The Balaban J connectivity index is 1.88. The molecule has 0 saturated carbocycles. The van der Waals surface area contributed by atoms with Crippen LogP contribution in [0.2, 0.25) is 0 Å². The fraction of sp³-hybridized carbons (Fsp3) is 0. The van der Waals surface area contributed by atoms with Crippen LogP contribution in [0.15, 0.2) is 30.3 Å². The van der Waals surface area contributed by atoms with E-state index in [0.29, 0.717) is 18.2 Å². The van der Waals surface area contributed by atoms with Crippen molar-refractivity contribution in [1.29, 1.82) is 0 Å². The van der Waals surface area contributed by atoms with Crippen molar-refractivity contribution in [3.8, 4) is 17.2 Å². The summed E-state index contributed by atoms with van der Waals surface area (Å²) in [5.41, 5.74) is 0. The predicted octanol–water partition coefficient (Wildman–Crippen LogP) is 7.03. The van der Waals surface area contributed by atoms with Gasteiger partial charge in [0.25, 0.3) is 0 Å². The number of fused-ring (bicyclic) bond motifs is 1. The minimum Gasteiger partial charge on any atom is -0.489 e. The maximum absolute atomic E-state index is 14.2. The summed E-state index contributed by atoms with van der Waals surface area (Å²) in [6.45, 7) is 0. The molecule has 0 bridgehead atoms. The van der Waals surface area contributed by atoms with E-state index in [4.69, 9.17) is 4.65 Å². The second-order valence-corrected chi connectivity index (χ2v) is 7.17. The summed E-state index contributed by atoms with van der Waals surface area (Å²) >= 11 is 0. The number of rotatable bonds is 6. The maximum atomic E-state index is 14.2. The lowest BCUT2D eigenvalue weighted by Gasteiger charge is -2.19. The van der Waals surface area contributed by atoms with Crippen molar-refractivity contribution in [3.05, 3.63) is 100 Å². The first-order chi connectivity index (χ1) is 17.8. The molecule has 0 fully saturated rings. The molecule has 3 nitrogen and oxygen atoms in total. The average molecular weight is 556 g/mol. The van der Waals surface area contributed by atoms with E-state index < -0.39 is 105 Å². The van der Waals surface area contributed by atoms with Crippen LogP contribution in [0, 0.1) is 69.8 Å². The van der Waals surface area contributed by atoms with Gasteiger partial charge in [0.15, 0.2) is 40.6 Å². The van der Waals surface area contributed by atoms with Crippen molar-refractivity contribution < 1.29 is 66.6 Å². The minimum absolute atomic E-state index is 0.172. The van der Waals surface area contributed by atoms with Crippen molar-refractivity contribution in [1.82, 2.24) is 0 Å². The van der Waals surface area contributed by atoms with Gasteiger partial charge in [-0.1, -0.05) is 0 Å². The van der Waals surface area contributed by atoms with Crippen LogP contribution >= 0.6 is 0 Å². The molecule has 16 heteroatoms. The van der Waals surface area contributed by atoms with Crippen LogP contribution in [0.3, 0.4) is 0 Å². The highest BCUT2D eigenvalue weighted by Crippen LogP contribution is 2.35. The Morgan fingerprint density at radius 3 is 1.58 bits per heavy atom. The maximum Gasteiger partial charge on any atom is 0.864 e. The SMILES string of the molecule is Fc1ccc(F)c(OB(Oc2c(F)c(F)c(F)c(F)c2F)Oc2ccc(F)c3c(F)c(F)c(F)cc23)c1F. The third-order valence-electron chi connectivity index (χ3n) is 4.87. The van der Waals surface area contributed by atoms with Gasteiger partial charge in [-0.25, -0.2) is 39.5 Å². The van der Waals surface area contributed by atoms with E-state index in [9.17, 15) is 52.7 Å². The van der Waals surface area contributed by atoms with Gasteiger partial charge in [-0.3, -0.25) is 0 Å². The first kappa shape index (κ1) is 26.8. The van der Waals surface area contributed by atoms with E-state index in [-0.39, 0.29) is 12.1 Å². The smallest absolute Gasteiger partial charge is 0.489 e. The molecule has 0 radical (unpaired) electrons. The summed E-state index contributed by atoms with van der Waals surface area (Å²) in [5, 5.41) is -2.20. The molecule has 0 N–H and O–H groups in total. The van der Waals surface area contributed by atoms with E-state index >= 15 is 0 Å². The second kappa shape index (κ2) is 9.91. The average Bonchev–Trinajstić information content (AvgIpc) is 2.88. The third-order valence-corrected chi connectivity index (χ3v) is 4.87. The molecule has 0 amide bonds. The third kappa shape index (κ3) is 4.50. The van der Waals surface area contributed by atoms with Gasteiger partial charge in [-0.15, -0.1) is 0 Å². The van der Waals surface area contributed by atoms with E-state index in [0.717, 1.165) is 0 Å². The molecule has 38 heavy (non-hydrogen) atoms. The molecule has 0 atom stereocenters. The first-order valence-corrected chi connectivity index (χ1v) is 9.74. The molecule has 0 spiro atoms. The molecular weight excluding hydrogens is 551 g/mol. The van der Waals surface area contributed by atoms with Gasteiger partial charge in [0.2, 0.25) is 34.9 Å². The number of hydrogen-bond acceptors (Lipinski definition) is 3. The zero-order valence-corrected chi connectivity index (χ0v) is 17.7. The highest BCUT2D eigenvalue weighted by Gasteiger charge is 2.39. The molecule has 0 aliphatic rings. The summed E-state index contributed by atoms with van der Waals surface area (Å²) in [4.78, 5) is 0. The van der Waals surface area contributed by atoms with Crippen LogP contribution in [-0.2, 0) is 0 Å². The van der Waals surface area contributed by atoms with Crippen LogP contribution in [0.5, 0.6) is 17.2 Å². The minimum atomic E-state index is -3.01. The van der Waals surface area contributed by atoms with E-state index in [2.05, 4.69) is 9.31 Å². The molecule has 198 valence electrons. The Labute approximate surface area is 202 Å². The molecule has 4 rings (SSSR count). The highest BCUT2D eigenvalue weighted by molar-refractivity contribution is 6.40. The molecule has 4 aromatic rings. The van der Waals surface area contributed by atoms with Crippen LogP contribution in [0.1, 0.15) is 0 Å². The zero-order valence-electron chi connectivity index (χ0n) is 17.7. The molecule has 0 heterocycles. The Hall–Kier alpha value is -4.24. The molecule has 0 aromatic heterocycles. The van der Waals surface area contributed by atoms with Gasteiger partial charge >= 0.3 is 7.32 Å². The van der Waals surface area contributed by atoms with Gasteiger partial charge in [0.1, 0.15) is 11.6 Å². The highest BCUT2D eigenvalue weighted by atomic mass is 19.2. The van der Waals surface area contributed by atoms with Crippen LogP contribution in [0.25, 0.3) is 10.8 Å². The molecule has 0 aliphatic carbocycles. The van der Waals surface area contributed by atoms with Gasteiger partial charge in [0, 0.05) is 5.39 Å². The van der Waals surface area contributed by atoms with Gasteiger partial charge in [-0.05, 0) is 30.3 Å². The van der Waals surface area contributed by atoms with Gasteiger partial charge < -0.3 is 14.0 Å². The normalized spacial score (nSPS) is 11.2. The lowest BCUT2D eigenvalue weighted by atomic mass is 10.1. The number of hydrogen-bond donors (Lipinski definition) is 0. The Kier molecular flexibility index (Phi) is 6.99. The quantitative estimate of drug-likeness (QED) is 0.111. The molecule has 0 aliphatic heterocycles. The number of halogens is 12. The van der Waals surface area contributed by atoms with Gasteiger partial charge in [0.05, 0.1) is 5.39 Å². The Morgan fingerprint density at radius 1 is 0.421 bits per heavy atom. The lowest BCUT2D eigenvalue weighted by Crippen LogP contribution is -2.38. The lowest BCUT2D eigenvalue weighted by molar-refractivity contribution is 0.267. The summed E-state index contributed by atoms with van der Waals surface area (Å²) in [5.74, 6) is -30.8. The summed E-state index contributed by atoms with van der Waals surface area (Å²) < 4.78 is 181. The van der Waals surface area contributed by atoms with Crippen molar-refractivity contribution in [2.24, 2.45) is 0 Å². The largest absolute Gasteiger partial charge is 0.864 e. The second-order valence-electron chi connectivity index (χ2n) is 7.17. The first-order valence-electron chi connectivity index (χ1n) is 9.74. The van der Waals surface area contributed by atoms with Crippen molar-refractivity contribution in [2.45, 2.75) is 0 Å². The molecular formula is C22H5BF12O3. The van der Waals surface area contributed by atoms with Gasteiger partial charge in [-0.2, -0.15) is 13.2 Å². The monoisotopic (exact) mass is 556 g/mol. The Bertz CT molecular complexity index is 1570. The summed E-state index contributed by atoms with van der Waals surface area (Å²) in [6.07, 6.45) is 0. The van der Waals surface area contributed by atoms with E-state index in [1.165, 1.54) is 0 Å². The standard InChI is InChI=1S/C22H5BF12O3/c24-7-3-4-11(6-5-10(27)13(28)15(30)12(6)7)36-23(37-21-9(26)2-1-8(25)14(21)29)38-22-19(34)17(32)16(31)18(33)20(22)35/h1-5H. The van der Waals surface area contributed by atoms with E-state index in [1.807, 2.05) is 0 Å². The summed E-state index contributed by atoms with van der Waals surface area (Å²) in [7, 11) is -3.01. The molecule has 0 unspecified atom stereocenters. The van der Waals surface area contributed by atoms with E-state index in [1.54, 1.807) is 0 Å². The Morgan fingerprint density at radius 2 is 0.947 bits per heavy atom. The van der Waals surface area contributed by atoms with Crippen molar-refractivity contribution in [3.63, 3.8) is 0 Å². The fourth-order valence-electron chi connectivity index (χ4n) is 3.12. The molecule has 4 aromatic carbocycles. The topological polar surface area (TPSA) is 27.7 Å². The predicted molar refractivity (Wildman–Crippen MR) is 104 cm³/mol.